The Labute approximate surface area is 107 Å². The lowest BCUT2D eigenvalue weighted by Gasteiger charge is -2.11. The zero-order chi connectivity index (χ0) is 12.8. The van der Waals surface area contributed by atoms with E-state index in [0.29, 0.717) is 5.56 Å². The van der Waals surface area contributed by atoms with Crippen molar-refractivity contribution in [1.29, 1.82) is 5.26 Å². The maximum Gasteiger partial charge on any atom is 0.247 e. The van der Waals surface area contributed by atoms with Crippen molar-refractivity contribution in [2.75, 3.05) is 0 Å². The molecule has 1 saturated carbocycles. The highest BCUT2D eigenvalue weighted by atomic mass is 16.7. The molecule has 4 nitrogen and oxygen atoms in total. The van der Waals surface area contributed by atoms with Gasteiger partial charge in [0.05, 0.1) is 24.2 Å². The number of nitrogens with one attached hydrogen (secondary N) is 1. The molecule has 1 N–H and O–H groups in total. The maximum absolute atomic E-state index is 11.6. The zero-order valence-corrected chi connectivity index (χ0v) is 10.2. The van der Waals surface area contributed by atoms with Crippen LogP contribution < -0.4 is 5.48 Å². The molecule has 1 aliphatic rings. The Kier molecular flexibility index (Phi) is 4.32. The molecule has 2 rings (SSSR count). The smallest absolute Gasteiger partial charge is 0.247 e. The minimum absolute atomic E-state index is 0.147. The fourth-order valence-corrected chi connectivity index (χ4v) is 2.07. The Morgan fingerprint density at radius 1 is 1.33 bits per heavy atom. The molecule has 1 aromatic rings. The molecule has 1 aliphatic carbocycles. The summed E-state index contributed by atoms with van der Waals surface area (Å²) in [5.74, 6) is -0.147. The summed E-state index contributed by atoms with van der Waals surface area (Å²) in [5.41, 5.74) is 3.97. The number of carbonyl (C=O) groups excluding carboxylic acids is 1. The molecule has 0 saturated heterocycles. The molecule has 94 valence electrons. The van der Waals surface area contributed by atoms with Crippen molar-refractivity contribution in [2.24, 2.45) is 0 Å². The van der Waals surface area contributed by atoms with Gasteiger partial charge in [-0.05, 0) is 30.5 Å². The summed E-state index contributed by atoms with van der Waals surface area (Å²) in [4.78, 5) is 17.0. The summed E-state index contributed by atoms with van der Waals surface area (Å²) in [7, 11) is 0. The molecule has 0 atom stereocenters. The first-order valence-electron chi connectivity index (χ1n) is 6.21. The molecule has 4 heteroatoms. The van der Waals surface area contributed by atoms with Crippen molar-refractivity contribution in [2.45, 2.75) is 38.2 Å². The summed E-state index contributed by atoms with van der Waals surface area (Å²) in [6.45, 7) is 0. The van der Waals surface area contributed by atoms with E-state index in [2.05, 4.69) is 5.48 Å². The molecule has 0 bridgehead atoms. The number of nitriles is 1. The number of nitrogens with zero attached hydrogens (tertiary/aromatic N) is 1. The highest BCUT2D eigenvalue weighted by Crippen LogP contribution is 2.19. The fraction of sp³-hybridized carbons (Fsp3) is 0.429. The van der Waals surface area contributed by atoms with E-state index in [0.717, 1.165) is 18.4 Å². The minimum atomic E-state index is -0.147. The van der Waals surface area contributed by atoms with E-state index in [1.807, 2.05) is 6.07 Å². The van der Waals surface area contributed by atoms with E-state index in [-0.39, 0.29) is 18.4 Å². The third-order valence-corrected chi connectivity index (χ3v) is 3.09. The number of rotatable bonds is 4. The van der Waals surface area contributed by atoms with E-state index in [1.54, 1.807) is 24.3 Å². The van der Waals surface area contributed by atoms with Gasteiger partial charge in [0, 0.05) is 0 Å². The van der Waals surface area contributed by atoms with Crippen molar-refractivity contribution in [3.05, 3.63) is 35.4 Å². The highest BCUT2D eigenvalue weighted by Gasteiger charge is 2.16. The van der Waals surface area contributed by atoms with E-state index >= 15 is 0 Å². The minimum Gasteiger partial charge on any atom is -0.272 e. The third-order valence-electron chi connectivity index (χ3n) is 3.09. The van der Waals surface area contributed by atoms with Gasteiger partial charge in [0.25, 0.3) is 0 Å². The first-order chi connectivity index (χ1) is 8.78. The van der Waals surface area contributed by atoms with Crippen molar-refractivity contribution >= 4 is 5.91 Å². The summed E-state index contributed by atoms with van der Waals surface area (Å²) in [5, 5.41) is 8.67. The van der Waals surface area contributed by atoms with Gasteiger partial charge < -0.3 is 0 Å². The SMILES string of the molecule is N#Cc1ccc(CC(=O)NOC2CCCC2)cc1. The van der Waals surface area contributed by atoms with E-state index in [4.69, 9.17) is 10.1 Å². The monoisotopic (exact) mass is 244 g/mol. The van der Waals surface area contributed by atoms with Gasteiger partial charge in [-0.15, -0.1) is 0 Å². The largest absolute Gasteiger partial charge is 0.272 e. The second-order valence-electron chi connectivity index (χ2n) is 4.54. The van der Waals surface area contributed by atoms with E-state index < -0.39 is 0 Å². The van der Waals surface area contributed by atoms with Crippen LogP contribution in [-0.2, 0) is 16.1 Å². The molecule has 0 aromatic heterocycles. The molecule has 0 radical (unpaired) electrons. The quantitative estimate of drug-likeness (QED) is 0.825. The van der Waals surface area contributed by atoms with Gasteiger partial charge in [-0.2, -0.15) is 5.26 Å². The molecule has 1 aromatic carbocycles. The van der Waals surface area contributed by atoms with Gasteiger partial charge in [0.2, 0.25) is 5.91 Å². The van der Waals surface area contributed by atoms with Gasteiger partial charge in [-0.3, -0.25) is 9.63 Å². The number of amides is 1. The summed E-state index contributed by atoms with van der Waals surface area (Å²) in [6.07, 6.45) is 4.86. The number of benzene rings is 1. The number of hydrogen-bond donors (Lipinski definition) is 1. The van der Waals surface area contributed by atoms with Crippen molar-refractivity contribution in [3.63, 3.8) is 0 Å². The van der Waals surface area contributed by atoms with E-state index in [9.17, 15) is 4.79 Å². The Balaban J connectivity index is 1.77. The van der Waals surface area contributed by atoms with Crippen LogP contribution >= 0.6 is 0 Å². The molecule has 18 heavy (non-hydrogen) atoms. The average molecular weight is 244 g/mol. The Morgan fingerprint density at radius 2 is 2.00 bits per heavy atom. The highest BCUT2D eigenvalue weighted by molar-refractivity contribution is 5.77. The molecule has 0 unspecified atom stereocenters. The van der Waals surface area contributed by atoms with Crippen LogP contribution in [0, 0.1) is 11.3 Å². The Bertz CT molecular complexity index is 442. The first-order valence-corrected chi connectivity index (χ1v) is 6.21. The van der Waals surface area contributed by atoms with Crippen LogP contribution in [0.25, 0.3) is 0 Å². The fourth-order valence-electron chi connectivity index (χ4n) is 2.07. The molecule has 1 fully saturated rings. The van der Waals surface area contributed by atoms with E-state index in [1.165, 1.54) is 12.8 Å². The summed E-state index contributed by atoms with van der Waals surface area (Å²) < 4.78 is 0. The molecule has 0 aliphatic heterocycles. The zero-order valence-electron chi connectivity index (χ0n) is 10.2. The summed E-state index contributed by atoms with van der Waals surface area (Å²) in [6, 6.07) is 9.03. The van der Waals surface area contributed by atoms with Crippen LogP contribution in [0.5, 0.6) is 0 Å². The Hall–Kier alpha value is -1.86. The van der Waals surface area contributed by atoms with Crippen LogP contribution in [0.4, 0.5) is 0 Å². The lowest BCUT2D eigenvalue weighted by atomic mass is 10.1. The van der Waals surface area contributed by atoms with Gasteiger partial charge >= 0.3 is 0 Å². The number of hydroxylamine groups is 1. The molecular formula is C14H16N2O2. The van der Waals surface area contributed by atoms with Crippen molar-refractivity contribution in [1.82, 2.24) is 5.48 Å². The first kappa shape index (κ1) is 12.6. The van der Waals surface area contributed by atoms with Crippen LogP contribution in [0.1, 0.15) is 36.8 Å². The third kappa shape index (κ3) is 3.57. The lowest BCUT2D eigenvalue weighted by Crippen LogP contribution is -2.29. The lowest BCUT2D eigenvalue weighted by molar-refractivity contribution is -0.137. The van der Waals surface area contributed by atoms with Gasteiger partial charge in [-0.1, -0.05) is 25.0 Å². The van der Waals surface area contributed by atoms with Crippen molar-refractivity contribution in [3.8, 4) is 6.07 Å². The van der Waals surface area contributed by atoms with Crippen molar-refractivity contribution < 1.29 is 9.63 Å². The molecular weight excluding hydrogens is 228 g/mol. The van der Waals surface area contributed by atoms with Gasteiger partial charge in [0.1, 0.15) is 0 Å². The second kappa shape index (κ2) is 6.18. The number of hydrogen-bond acceptors (Lipinski definition) is 3. The number of carbonyl (C=O) groups is 1. The molecule has 0 heterocycles. The van der Waals surface area contributed by atoms with Gasteiger partial charge in [-0.25, -0.2) is 5.48 Å². The summed E-state index contributed by atoms with van der Waals surface area (Å²) >= 11 is 0. The maximum atomic E-state index is 11.6. The van der Waals surface area contributed by atoms with Gasteiger partial charge in [0.15, 0.2) is 0 Å². The second-order valence-corrected chi connectivity index (χ2v) is 4.54. The Morgan fingerprint density at radius 3 is 2.61 bits per heavy atom. The average Bonchev–Trinajstić information content (AvgIpc) is 2.90. The van der Waals surface area contributed by atoms with Crippen LogP contribution in [0.15, 0.2) is 24.3 Å². The van der Waals surface area contributed by atoms with Crippen LogP contribution in [0.3, 0.4) is 0 Å². The topological polar surface area (TPSA) is 62.1 Å². The molecule has 1 amide bonds. The van der Waals surface area contributed by atoms with Crippen LogP contribution in [-0.4, -0.2) is 12.0 Å². The predicted octanol–water partition coefficient (Wildman–Crippen LogP) is 2.09. The predicted molar refractivity (Wildman–Crippen MR) is 66.3 cm³/mol. The molecule has 0 spiro atoms. The van der Waals surface area contributed by atoms with Crippen LogP contribution in [0.2, 0.25) is 0 Å². The normalized spacial score (nSPS) is 15.3. The standard InChI is InChI=1S/C14H16N2O2/c15-10-12-7-5-11(6-8-12)9-14(17)16-18-13-3-1-2-4-13/h5-8,13H,1-4,9H2,(H,16,17).